The summed E-state index contributed by atoms with van der Waals surface area (Å²) < 4.78 is 0. The summed E-state index contributed by atoms with van der Waals surface area (Å²) in [5.74, 6) is 0. The molecule has 2 nitrogen and oxygen atoms in total. The molecule has 1 fully saturated rings. The van der Waals surface area contributed by atoms with E-state index < -0.39 is 0 Å². The van der Waals surface area contributed by atoms with Gasteiger partial charge in [0.05, 0.1) is 0 Å². The third-order valence-corrected chi connectivity index (χ3v) is 3.71. The van der Waals surface area contributed by atoms with Crippen LogP contribution in [0.15, 0.2) is 24.3 Å². The van der Waals surface area contributed by atoms with Crippen molar-refractivity contribution < 1.29 is 0 Å². The van der Waals surface area contributed by atoms with E-state index in [2.05, 4.69) is 29.3 Å². The van der Waals surface area contributed by atoms with Crippen LogP contribution in [0.3, 0.4) is 0 Å². The summed E-state index contributed by atoms with van der Waals surface area (Å²) in [6, 6.07) is 8.85. The maximum Gasteiger partial charge on any atom is 0.0406 e. The first-order chi connectivity index (χ1) is 8.31. The topological polar surface area (TPSA) is 15.3 Å². The highest BCUT2D eigenvalue weighted by Crippen LogP contribution is 2.25. The van der Waals surface area contributed by atoms with Crippen molar-refractivity contribution in [1.82, 2.24) is 10.2 Å². The maximum absolute atomic E-state index is 5.95. The molecule has 0 aromatic heterocycles. The van der Waals surface area contributed by atoms with Crippen molar-refractivity contribution in [3.8, 4) is 0 Å². The molecule has 1 aliphatic rings. The van der Waals surface area contributed by atoms with Crippen LogP contribution in [0.25, 0.3) is 0 Å². The zero-order chi connectivity index (χ0) is 12.1. The second-order valence-corrected chi connectivity index (χ2v) is 5.05. The summed E-state index contributed by atoms with van der Waals surface area (Å²) >= 11 is 5.95. The van der Waals surface area contributed by atoms with E-state index in [1.807, 2.05) is 12.1 Å². The Kier molecular flexibility index (Phi) is 4.84. The van der Waals surface area contributed by atoms with Crippen molar-refractivity contribution in [2.45, 2.75) is 25.8 Å². The number of halogens is 1. The minimum absolute atomic E-state index is 0.534. The molecule has 0 radical (unpaired) electrons. The van der Waals surface area contributed by atoms with Crippen LogP contribution in [0, 0.1) is 0 Å². The highest BCUT2D eigenvalue weighted by Gasteiger charge is 2.19. The molecule has 0 aliphatic carbocycles. The van der Waals surface area contributed by atoms with Gasteiger partial charge >= 0.3 is 0 Å². The molecule has 0 saturated carbocycles. The quantitative estimate of drug-likeness (QED) is 0.890. The fraction of sp³-hybridized carbons (Fsp3) is 0.571. The standard InChI is InChI=1S/C14H21ClN2/c1-2-14(12-4-6-13(15)7-5-12)17-10-3-8-16-9-11-17/h4-7,14,16H,2-3,8-11H2,1H3. The first-order valence-electron chi connectivity index (χ1n) is 6.51. The second kappa shape index (κ2) is 6.39. The average molecular weight is 253 g/mol. The number of nitrogens with one attached hydrogen (secondary N) is 1. The van der Waals surface area contributed by atoms with Crippen molar-refractivity contribution in [2.75, 3.05) is 26.2 Å². The van der Waals surface area contributed by atoms with Gasteiger partial charge in [0.25, 0.3) is 0 Å². The molecule has 1 heterocycles. The minimum atomic E-state index is 0.534. The van der Waals surface area contributed by atoms with Gasteiger partial charge in [0, 0.05) is 30.7 Å². The molecule has 0 spiro atoms. The van der Waals surface area contributed by atoms with Gasteiger partial charge < -0.3 is 5.32 Å². The molecule has 1 aromatic carbocycles. The highest BCUT2D eigenvalue weighted by atomic mass is 35.5. The van der Waals surface area contributed by atoms with Crippen LogP contribution in [-0.4, -0.2) is 31.1 Å². The van der Waals surface area contributed by atoms with Gasteiger partial charge in [0.1, 0.15) is 0 Å². The van der Waals surface area contributed by atoms with E-state index in [-0.39, 0.29) is 0 Å². The first-order valence-corrected chi connectivity index (χ1v) is 6.89. The zero-order valence-corrected chi connectivity index (χ0v) is 11.2. The molecular formula is C14H21ClN2. The van der Waals surface area contributed by atoms with Crippen molar-refractivity contribution in [1.29, 1.82) is 0 Å². The smallest absolute Gasteiger partial charge is 0.0406 e. The molecule has 94 valence electrons. The van der Waals surface area contributed by atoms with E-state index >= 15 is 0 Å². The lowest BCUT2D eigenvalue weighted by atomic mass is 10.0. The Morgan fingerprint density at radius 2 is 2.00 bits per heavy atom. The summed E-state index contributed by atoms with van der Waals surface area (Å²) in [5.41, 5.74) is 1.39. The monoisotopic (exact) mass is 252 g/mol. The fourth-order valence-electron chi connectivity index (χ4n) is 2.57. The third-order valence-electron chi connectivity index (χ3n) is 3.46. The van der Waals surface area contributed by atoms with E-state index in [9.17, 15) is 0 Å². The van der Waals surface area contributed by atoms with Crippen LogP contribution in [0.4, 0.5) is 0 Å². The molecule has 1 aliphatic heterocycles. The number of hydrogen-bond donors (Lipinski definition) is 1. The van der Waals surface area contributed by atoms with E-state index in [1.165, 1.54) is 18.5 Å². The Hall–Kier alpha value is -0.570. The molecule has 17 heavy (non-hydrogen) atoms. The van der Waals surface area contributed by atoms with E-state index in [1.54, 1.807) is 0 Å². The van der Waals surface area contributed by atoms with E-state index in [0.29, 0.717) is 6.04 Å². The summed E-state index contributed by atoms with van der Waals surface area (Å²) in [5, 5.41) is 4.27. The van der Waals surface area contributed by atoms with Crippen LogP contribution in [0.5, 0.6) is 0 Å². The summed E-state index contributed by atoms with van der Waals surface area (Å²) in [6.07, 6.45) is 2.39. The Morgan fingerprint density at radius 1 is 1.24 bits per heavy atom. The summed E-state index contributed by atoms with van der Waals surface area (Å²) in [4.78, 5) is 2.59. The van der Waals surface area contributed by atoms with E-state index in [4.69, 9.17) is 11.6 Å². The van der Waals surface area contributed by atoms with Gasteiger partial charge in [-0.1, -0.05) is 30.7 Å². The van der Waals surface area contributed by atoms with Crippen LogP contribution >= 0.6 is 11.6 Å². The van der Waals surface area contributed by atoms with Crippen molar-refractivity contribution >= 4 is 11.6 Å². The van der Waals surface area contributed by atoms with Crippen molar-refractivity contribution in [2.24, 2.45) is 0 Å². The fourth-order valence-corrected chi connectivity index (χ4v) is 2.69. The molecule has 1 N–H and O–H groups in total. The third kappa shape index (κ3) is 3.44. The summed E-state index contributed by atoms with van der Waals surface area (Å²) in [6.45, 7) is 6.84. The largest absolute Gasteiger partial charge is 0.315 e. The maximum atomic E-state index is 5.95. The molecule has 0 amide bonds. The number of rotatable bonds is 3. The van der Waals surface area contributed by atoms with Crippen molar-refractivity contribution in [3.63, 3.8) is 0 Å². The number of nitrogens with zero attached hydrogens (tertiary/aromatic N) is 1. The van der Waals surface area contributed by atoms with Crippen LogP contribution in [-0.2, 0) is 0 Å². The van der Waals surface area contributed by atoms with Crippen molar-refractivity contribution in [3.05, 3.63) is 34.9 Å². The highest BCUT2D eigenvalue weighted by molar-refractivity contribution is 6.30. The Bertz CT molecular complexity index is 329. The average Bonchev–Trinajstić information content (AvgIpc) is 2.62. The molecular weight excluding hydrogens is 232 g/mol. The van der Waals surface area contributed by atoms with Gasteiger partial charge in [-0.2, -0.15) is 0 Å². The lowest BCUT2D eigenvalue weighted by Gasteiger charge is -2.30. The van der Waals surface area contributed by atoms with Crippen LogP contribution < -0.4 is 5.32 Å². The van der Waals surface area contributed by atoms with Gasteiger partial charge in [0.2, 0.25) is 0 Å². The number of hydrogen-bond acceptors (Lipinski definition) is 2. The number of benzene rings is 1. The Morgan fingerprint density at radius 3 is 2.71 bits per heavy atom. The first kappa shape index (κ1) is 12.9. The Balaban J connectivity index is 2.11. The normalized spacial score (nSPS) is 19.9. The predicted molar refractivity (Wildman–Crippen MR) is 73.5 cm³/mol. The lowest BCUT2D eigenvalue weighted by Crippen LogP contribution is -2.32. The van der Waals surface area contributed by atoms with Gasteiger partial charge in [-0.25, -0.2) is 0 Å². The summed E-state index contributed by atoms with van der Waals surface area (Å²) in [7, 11) is 0. The molecule has 2 rings (SSSR count). The van der Waals surface area contributed by atoms with E-state index in [0.717, 1.165) is 31.1 Å². The van der Waals surface area contributed by atoms with Gasteiger partial charge in [0.15, 0.2) is 0 Å². The second-order valence-electron chi connectivity index (χ2n) is 4.62. The van der Waals surface area contributed by atoms with Gasteiger partial charge in [-0.3, -0.25) is 4.90 Å². The molecule has 1 aromatic rings. The van der Waals surface area contributed by atoms with Gasteiger partial charge in [-0.05, 0) is 37.1 Å². The predicted octanol–water partition coefficient (Wildman–Crippen LogP) is 3.09. The molecule has 1 saturated heterocycles. The molecule has 1 unspecified atom stereocenters. The molecule has 3 heteroatoms. The SMILES string of the molecule is CCC(c1ccc(Cl)cc1)N1CCCNCC1. The van der Waals surface area contributed by atoms with Crippen LogP contribution in [0.2, 0.25) is 5.02 Å². The van der Waals surface area contributed by atoms with Crippen LogP contribution in [0.1, 0.15) is 31.4 Å². The van der Waals surface area contributed by atoms with Gasteiger partial charge in [-0.15, -0.1) is 0 Å². The molecule has 1 atom stereocenters. The zero-order valence-electron chi connectivity index (χ0n) is 10.5. The molecule has 0 bridgehead atoms. The Labute approximate surface area is 109 Å². The lowest BCUT2D eigenvalue weighted by molar-refractivity contribution is 0.205. The minimum Gasteiger partial charge on any atom is -0.315 e.